The van der Waals surface area contributed by atoms with Crippen LogP contribution in [0.3, 0.4) is 0 Å². The number of ether oxygens (including phenoxy) is 3. The fourth-order valence-electron chi connectivity index (χ4n) is 9.85. The van der Waals surface area contributed by atoms with Gasteiger partial charge in [-0.15, -0.1) is 0 Å². The zero-order chi connectivity index (χ0) is 51.2. The Balaban J connectivity index is 4.22. The summed E-state index contributed by atoms with van der Waals surface area (Å²) in [7, 11) is 0. The molecule has 0 aliphatic carbocycles. The van der Waals surface area contributed by atoms with E-state index in [9.17, 15) is 14.4 Å². The first-order valence-corrected chi connectivity index (χ1v) is 31.6. The number of carbonyl (C=O) groups excluding carboxylic acids is 3. The van der Waals surface area contributed by atoms with E-state index in [0.717, 1.165) is 75.5 Å². The van der Waals surface area contributed by atoms with Gasteiger partial charge in [0.2, 0.25) is 0 Å². The highest BCUT2D eigenvalue weighted by Crippen LogP contribution is 2.19. The Morgan fingerprint density at radius 3 is 0.743 bits per heavy atom. The Labute approximate surface area is 438 Å². The summed E-state index contributed by atoms with van der Waals surface area (Å²) in [4.78, 5) is 38.3. The smallest absolute Gasteiger partial charge is 0.306 e. The van der Waals surface area contributed by atoms with Crippen LogP contribution in [0.4, 0.5) is 0 Å². The van der Waals surface area contributed by atoms with E-state index >= 15 is 0 Å². The van der Waals surface area contributed by atoms with Gasteiger partial charge in [-0.1, -0.05) is 318 Å². The van der Waals surface area contributed by atoms with Gasteiger partial charge >= 0.3 is 17.9 Å². The van der Waals surface area contributed by atoms with Gasteiger partial charge < -0.3 is 14.2 Å². The molecule has 0 N–H and O–H groups in total. The van der Waals surface area contributed by atoms with Crippen molar-refractivity contribution in [2.45, 2.75) is 362 Å². The summed E-state index contributed by atoms with van der Waals surface area (Å²) in [6, 6.07) is 0. The molecule has 70 heavy (non-hydrogen) atoms. The predicted octanol–water partition coefficient (Wildman–Crippen LogP) is 21.1. The summed E-state index contributed by atoms with van der Waals surface area (Å²) in [6.45, 7) is 13.8. The van der Waals surface area contributed by atoms with Crippen LogP contribution in [0.25, 0.3) is 0 Å². The zero-order valence-electron chi connectivity index (χ0n) is 48.3. The second-order valence-corrected chi connectivity index (χ2v) is 23.2. The maximum absolute atomic E-state index is 12.9. The number of rotatable bonds is 57. The molecular formula is C64H124O6. The average molecular weight is 990 g/mol. The first-order valence-electron chi connectivity index (χ1n) is 31.6. The molecule has 0 aliphatic rings. The van der Waals surface area contributed by atoms with Crippen molar-refractivity contribution in [2.24, 2.45) is 17.8 Å². The molecule has 0 aliphatic heterocycles. The van der Waals surface area contributed by atoms with Crippen LogP contribution < -0.4 is 0 Å². The minimum Gasteiger partial charge on any atom is -0.462 e. The molecule has 0 saturated heterocycles. The van der Waals surface area contributed by atoms with Crippen LogP contribution in [-0.2, 0) is 28.6 Å². The number of unbranched alkanes of at least 4 members (excludes halogenated alkanes) is 39. The highest BCUT2D eigenvalue weighted by atomic mass is 16.6. The Kier molecular flexibility index (Phi) is 53.9. The number of carbonyl (C=O) groups is 3. The molecule has 0 saturated carbocycles. The monoisotopic (exact) mass is 989 g/mol. The molecule has 0 heterocycles. The van der Waals surface area contributed by atoms with Crippen molar-refractivity contribution < 1.29 is 28.6 Å². The van der Waals surface area contributed by atoms with E-state index in [-0.39, 0.29) is 31.1 Å². The van der Waals surface area contributed by atoms with Crippen molar-refractivity contribution in [3.05, 3.63) is 0 Å². The summed E-state index contributed by atoms with van der Waals surface area (Å²) >= 11 is 0. The minimum absolute atomic E-state index is 0.0632. The van der Waals surface area contributed by atoms with Gasteiger partial charge in [-0.25, -0.2) is 0 Å². The molecule has 0 spiro atoms. The summed E-state index contributed by atoms with van der Waals surface area (Å²) in [5.41, 5.74) is 0. The van der Waals surface area contributed by atoms with Gasteiger partial charge in [0.05, 0.1) is 0 Å². The molecule has 0 amide bonds. The fourth-order valence-corrected chi connectivity index (χ4v) is 9.85. The third-order valence-corrected chi connectivity index (χ3v) is 15.0. The second kappa shape index (κ2) is 55.2. The van der Waals surface area contributed by atoms with Gasteiger partial charge in [0.1, 0.15) is 13.2 Å². The van der Waals surface area contributed by atoms with E-state index in [2.05, 4.69) is 41.5 Å². The minimum atomic E-state index is -0.764. The molecule has 0 radical (unpaired) electrons. The Morgan fingerprint density at radius 1 is 0.286 bits per heavy atom. The van der Waals surface area contributed by atoms with Crippen molar-refractivity contribution in [1.82, 2.24) is 0 Å². The highest BCUT2D eigenvalue weighted by Gasteiger charge is 2.19. The Morgan fingerprint density at radius 2 is 0.500 bits per heavy atom. The lowest BCUT2D eigenvalue weighted by Crippen LogP contribution is -2.30. The summed E-state index contributed by atoms with van der Waals surface area (Å²) in [5.74, 6) is 1.72. The zero-order valence-corrected chi connectivity index (χ0v) is 48.3. The molecule has 6 nitrogen and oxygen atoms in total. The third-order valence-electron chi connectivity index (χ3n) is 15.0. The van der Waals surface area contributed by atoms with E-state index < -0.39 is 6.10 Å². The SMILES string of the molecule is CCC(C)CCCCCCCCCCC(=O)O[C@H](COC(=O)CCCCCCCCCCCCCCCCCCCCC(C)C)COC(=O)CCCCCCCCCCCCCCCCCCC(C)C. The van der Waals surface area contributed by atoms with Crippen LogP contribution >= 0.6 is 0 Å². The average Bonchev–Trinajstić information content (AvgIpc) is 3.33. The number of hydrogen-bond acceptors (Lipinski definition) is 6. The summed E-state index contributed by atoms with van der Waals surface area (Å²) < 4.78 is 16.9. The van der Waals surface area contributed by atoms with Crippen molar-refractivity contribution in [2.75, 3.05) is 13.2 Å². The lowest BCUT2D eigenvalue weighted by Gasteiger charge is -2.18. The van der Waals surface area contributed by atoms with Crippen LogP contribution in [-0.4, -0.2) is 37.2 Å². The van der Waals surface area contributed by atoms with E-state index in [1.54, 1.807) is 0 Å². The molecule has 6 heteroatoms. The van der Waals surface area contributed by atoms with Crippen molar-refractivity contribution in [3.8, 4) is 0 Å². The normalized spacial score (nSPS) is 12.5. The van der Waals surface area contributed by atoms with E-state index in [4.69, 9.17) is 14.2 Å². The number of esters is 3. The summed E-state index contributed by atoms with van der Waals surface area (Å²) in [5, 5.41) is 0. The molecule has 1 unspecified atom stereocenters. The van der Waals surface area contributed by atoms with E-state index in [1.165, 1.54) is 238 Å². The molecule has 0 aromatic carbocycles. The second-order valence-electron chi connectivity index (χ2n) is 23.2. The van der Waals surface area contributed by atoms with Crippen LogP contribution in [0, 0.1) is 17.8 Å². The largest absolute Gasteiger partial charge is 0.462 e. The van der Waals surface area contributed by atoms with Crippen molar-refractivity contribution in [3.63, 3.8) is 0 Å². The van der Waals surface area contributed by atoms with Crippen LogP contribution in [0.15, 0.2) is 0 Å². The van der Waals surface area contributed by atoms with Crippen LogP contribution in [0.2, 0.25) is 0 Å². The van der Waals surface area contributed by atoms with E-state index in [0.29, 0.717) is 19.3 Å². The molecular weight excluding hydrogens is 865 g/mol. The molecule has 2 atom stereocenters. The molecule has 0 aromatic heterocycles. The highest BCUT2D eigenvalue weighted by molar-refractivity contribution is 5.71. The first kappa shape index (κ1) is 68.4. The molecule has 0 fully saturated rings. The molecule has 416 valence electrons. The topological polar surface area (TPSA) is 78.9 Å². The summed E-state index contributed by atoms with van der Waals surface area (Å²) in [6.07, 6.45) is 59.6. The van der Waals surface area contributed by atoms with Gasteiger partial charge in [0, 0.05) is 19.3 Å². The van der Waals surface area contributed by atoms with Gasteiger partial charge in [-0.2, -0.15) is 0 Å². The molecule has 0 bridgehead atoms. The lowest BCUT2D eigenvalue weighted by molar-refractivity contribution is -0.167. The lowest BCUT2D eigenvalue weighted by atomic mass is 9.99. The van der Waals surface area contributed by atoms with Gasteiger partial charge in [-0.3, -0.25) is 14.4 Å². The number of hydrogen-bond donors (Lipinski definition) is 0. The van der Waals surface area contributed by atoms with Gasteiger partial charge in [0.25, 0.3) is 0 Å². The maximum atomic E-state index is 12.9. The maximum Gasteiger partial charge on any atom is 0.306 e. The van der Waals surface area contributed by atoms with Crippen molar-refractivity contribution >= 4 is 17.9 Å². The fraction of sp³-hybridized carbons (Fsp3) is 0.953. The Bertz CT molecular complexity index is 1090. The quantitative estimate of drug-likeness (QED) is 0.0343. The Hall–Kier alpha value is -1.59. The first-order chi connectivity index (χ1) is 34.1. The van der Waals surface area contributed by atoms with E-state index in [1.807, 2.05) is 0 Å². The van der Waals surface area contributed by atoms with Crippen LogP contribution in [0.1, 0.15) is 356 Å². The molecule has 0 aromatic rings. The standard InChI is InChI=1S/C64H124O6/c1-7-60(6)52-46-40-34-30-31-37-43-49-55-64(67)70-61(57-69-63(66)54-48-42-36-29-25-21-17-13-12-15-19-23-27-33-39-45-51-59(4)5)56-68-62(65)53-47-41-35-28-24-20-16-11-9-8-10-14-18-22-26-32-38-44-50-58(2)3/h58-61H,7-57H2,1-6H3/t60?,61-/m1/s1. The van der Waals surface area contributed by atoms with Gasteiger partial charge in [0.15, 0.2) is 6.10 Å². The third kappa shape index (κ3) is 55.7. The predicted molar refractivity (Wildman–Crippen MR) is 303 cm³/mol. The van der Waals surface area contributed by atoms with Gasteiger partial charge in [-0.05, 0) is 37.0 Å². The van der Waals surface area contributed by atoms with Crippen LogP contribution in [0.5, 0.6) is 0 Å². The molecule has 0 rings (SSSR count). The van der Waals surface area contributed by atoms with Crippen molar-refractivity contribution in [1.29, 1.82) is 0 Å².